The minimum Gasteiger partial charge on any atom is -0.490 e. The van der Waals surface area contributed by atoms with Crippen molar-refractivity contribution in [2.24, 2.45) is 4.99 Å². The highest BCUT2D eigenvalue weighted by atomic mass is 35.5. The van der Waals surface area contributed by atoms with E-state index in [1.807, 2.05) is 6.92 Å². The molecule has 0 fully saturated rings. The number of likely N-dealkylation sites (N-methyl/N-ethyl adjacent to an activating group) is 1. The Balaban J connectivity index is 1.84. The van der Waals surface area contributed by atoms with Crippen molar-refractivity contribution >= 4 is 35.5 Å². The van der Waals surface area contributed by atoms with E-state index in [1.54, 1.807) is 62.6 Å². The predicted molar refractivity (Wildman–Crippen MR) is 114 cm³/mol. The van der Waals surface area contributed by atoms with Crippen LogP contribution in [0.15, 0.2) is 53.2 Å². The average Bonchev–Trinajstić information content (AvgIpc) is 3.07. The third-order valence-corrected chi connectivity index (χ3v) is 4.35. The van der Waals surface area contributed by atoms with E-state index < -0.39 is 5.97 Å². The second-order valence-corrected chi connectivity index (χ2v) is 7.00. The molecule has 30 heavy (non-hydrogen) atoms. The van der Waals surface area contributed by atoms with Crippen molar-refractivity contribution in [3.05, 3.63) is 64.3 Å². The van der Waals surface area contributed by atoms with Gasteiger partial charge in [0, 0.05) is 24.7 Å². The summed E-state index contributed by atoms with van der Waals surface area (Å²) in [6, 6.07) is 12.0. The number of ether oxygens (including phenoxy) is 3. The van der Waals surface area contributed by atoms with Crippen LogP contribution >= 0.6 is 11.6 Å². The summed E-state index contributed by atoms with van der Waals surface area (Å²) in [4.78, 5) is 29.7. The summed E-state index contributed by atoms with van der Waals surface area (Å²) in [6.07, 6.45) is 1.59. The number of benzene rings is 2. The minimum absolute atomic E-state index is 0.104. The molecule has 2 aromatic carbocycles. The lowest BCUT2D eigenvalue weighted by molar-refractivity contribution is -0.131. The Morgan fingerprint density at radius 1 is 1.17 bits per heavy atom. The van der Waals surface area contributed by atoms with E-state index in [0.717, 1.165) is 0 Å². The lowest BCUT2D eigenvalue weighted by Gasteiger charge is -2.14. The molecule has 1 aliphatic heterocycles. The van der Waals surface area contributed by atoms with Crippen LogP contribution in [0, 0.1) is 0 Å². The smallest absolute Gasteiger partial charge is 0.363 e. The zero-order chi connectivity index (χ0) is 21.7. The standard InChI is InChI=1S/C22H21ClN2O5/c1-4-28-19-11-14(8-9-18(19)29-13-20(26)25(2)3)10-17-22(27)30-21(24-17)15-6-5-7-16(23)12-15/h5-12H,4,13H2,1-3H3/b17-10+. The van der Waals surface area contributed by atoms with E-state index in [1.165, 1.54) is 4.90 Å². The molecule has 0 saturated carbocycles. The van der Waals surface area contributed by atoms with Gasteiger partial charge in [0.15, 0.2) is 23.8 Å². The fourth-order valence-corrected chi connectivity index (χ4v) is 2.77. The van der Waals surface area contributed by atoms with E-state index in [9.17, 15) is 9.59 Å². The van der Waals surface area contributed by atoms with Crippen LogP contribution in [0.25, 0.3) is 6.08 Å². The van der Waals surface area contributed by atoms with E-state index >= 15 is 0 Å². The highest BCUT2D eigenvalue weighted by Gasteiger charge is 2.24. The van der Waals surface area contributed by atoms with Crippen LogP contribution in [-0.2, 0) is 14.3 Å². The molecule has 3 rings (SSSR count). The van der Waals surface area contributed by atoms with Gasteiger partial charge in [0.1, 0.15) is 0 Å². The number of esters is 1. The van der Waals surface area contributed by atoms with Gasteiger partial charge >= 0.3 is 5.97 Å². The van der Waals surface area contributed by atoms with Crippen LogP contribution in [0.2, 0.25) is 5.02 Å². The molecular formula is C22H21ClN2O5. The first-order chi connectivity index (χ1) is 14.4. The number of carbonyl (C=O) groups excluding carboxylic acids is 2. The lowest BCUT2D eigenvalue weighted by Crippen LogP contribution is -2.27. The molecule has 8 heteroatoms. The number of carbonyl (C=O) groups is 2. The minimum atomic E-state index is -0.556. The molecule has 0 spiro atoms. The SMILES string of the molecule is CCOc1cc(/C=C2/N=C(c3cccc(Cl)c3)OC2=O)ccc1OCC(=O)N(C)C. The van der Waals surface area contributed by atoms with Crippen molar-refractivity contribution in [3.63, 3.8) is 0 Å². The molecule has 1 aliphatic rings. The fourth-order valence-electron chi connectivity index (χ4n) is 2.58. The van der Waals surface area contributed by atoms with Gasteiger partial charge in [-0.3, -0.25) is 4.79 Å². The van der Waals surface area contributed by atoms with E-state index in [2.05, 4.69) is 4.99 Å². The Bertz CT molecular complexity index is 1030. The quantitative estimate of drug-likeness (QED) is 0.498. The van der Waals surface area contributed by atoms with Crippen molar-refractivity contribution in [1.29, 1.82) is 0 Å². The van der Waals surface area contributed by atoms with Crippen LogP contribution in [0.3, 0.4) is 0 Å². The third kappa shape index (κ3) is 5.18. The number of nitrogens with zero attached hydrogens (tertiary/aromatic N) is 2. The Hall–Kier alpha value is -3.32. The first kappa shape index (κ1) is 21.4. The molecule has 0 aromatic heterocycles. The zero-order valence-corrected chi connectivity index (χ0v) is 17.6. The third-order valence-electron chi connectivity index (χ3n) is 4.11. The topological polar surface area (TPSA) is 77.4 Å². The van der Waals surface area contributed by atoms with E-state index in [-0.39, 0.29) is 24.1 Å². The number of aliphatic imine (C=N–C) groups is 1. The molecule has 0 saturated heterocycles. The molecule has 0 unspecified atom stereocenters. The molecule has 0 aliphatic carbocycles. The van der Waals surface area contributed by atoms with Gasteiger partial charge in [0.2, 0.25) is 5.90 Å². The molecular weight excluding hydrogens is 408 g/mol. The Morgan fingerprint density at radius 3 is 2.67 bits per heavy atom. The summed E-state index contributed by atoms with van der Waals surface area (Å²) in [5, 5.41) is 0.522. The normalized spacial score (nSPS) is 14.3. The van der Waals surface area contributed by atoms with Crippen molar-refractivity contribution in [3.8, 4) is 11.5 Å². The number of amides is 1. The number of halogens is 1. The maximum Gasteiger partial charge on any atom is 0.363 e. The van der Waals surface area contributed by atoms with Crippen LogP contribution in [-0.4, -0.2) is 50.0 Å². The second-order valence-electron chi connectivity index (χ2n) is 6.56. The van der Waals surface area contributed by atoms with Gasteiger partial charge in [-0.25, -0.2) is 9.79 Å². The number of hydrogen-bond acceptors (Lipinski definition) is 6. The molecule has 1 heterocycles. The van der Waals surface area contributed by atoms with Gasteiger partial charge < -0.3 is 19.1 Å². The summed E-state index contributed by atoms with van der Waals surface area (Å²) < 4.78 is 16.5. The van der Waals surface area contributed by atoms with Crippen LogP contribution in [0.5, 0.6) is 11.5 Å². The Labute approximate surface area is 179 Å². The maximum absolute atomic E-state index is 12.2. The predicted octanol–water partition coefficient (Wildman–Crippen LogP) is 3.55. The highest BCUT2D eigenvalue weighted by Crippen LogP contribution is 2.30. The van der Waals surface area contributed by atoms with Crippen LogP contribution in [0.1, 0.15) is 18.1 Å². The summed E-state index contributed by atoms with van der Waals surface area (Å²) in [6.45, 7) is 2.15. The highest BCUT2D eigenvalue weighted by molar-refractivity contribution is 6.31. The second kappa shape index (κ2) is 9.45. The summed E-state index contributed by atoms with van der Waals surface area (Å²) >= 11 is 5.99. The zero-order valence-electron chi connectivity index (χ0n) is 16.8. The van der Waals surface area contributed by atoms with Gasteiger partial charge in [-0.05, 0) is 48.9 Å². The Morgan fingerprint density at radius 2 is 1.97 bits per heavy atom. The molecule has 0 atom stereocenters. The van der Waals surface area contributed by atoms with Crippen LogP contribution < -0.4 is 9.47 Å². The monoisotopic (exact) mass is 428 g/mol. The van der Waals surface area contributed by atoms with Crippen molar-refractivity contribution in [2.45, 2.75) is 6.92 Å². The van der Waals surface area contributed by atoms with E-state index in [0.29, 0.717) is 34.3 Å². The van der Waals surface area contributed by atoms with Gasteiger partial charge in [0.05, 0.1) is 6.61 Å². The van der Waals surface area contributed by atoms with Crippen molar-refractivity contribution < 1.29 is 23.8 Å². The molecule has 0 bridgehead atoms. The molecule has 0 N–H and O–H groups in total. The summed E-state index contributed by atoms with van der Waals surface area (Å²) in [5.74, 6) is 0.371. The molecule has 156 valence electrons. The van der Waals surface area contributed by atoms with Crippen LogP contribution in [0.4, 0.5) is 0 Å². The fraction of sp³-hybridized carbons (Fsp3) is 0.227. The van der Waals surface area contributed by atoms with Gasteiger partial charge in [-0.15, -0.1) is 0 Å². The largest absolute Gasteiger partial charge is 0.490 e. The first-order valence-electron chi connectivity index (χ1n) is 9.25. The maximum atomic E-state index is 12.2. The van der Waals surface area contributed by atoms with E-state index in [4.69, 9.17) is 25.8 Å². The summed E-state index contributed by atoms with van der Waals surface area (Å²) in [5.41, 5.74) is 1.44. The molecule has 1 amide bonds. The lowest BCUT2D eigenvalue weighted by atomic mass is 10.1. The molecule has 0 radical (unpaired) electrons. The number of cyclic esters (lactones) is 1. The van der Waals surface area contributed by atoms with Crippen molar-refractivity contribution in [1.82, 2.24) is 4.90 Å². The van der Waals surface area contributed by atoms with Gasteiger partial charge in [-0.1, -0.05) is 23.7 Å². The van der Waals surface area contributed by atoms with Gasteiger partial charge in [-0.2, -0.15) is 0 Å². The molecule has 7 nitrogen and oxygen atoms in total. The number of hydrogen-bond donors (Lipinski definition) is 0. The number of rotatable bonds is 7. The first-order valence-corrected chi connectivity index (χ1v) is 9.63. The molecule has 2 aromatic rings. The van der Waals surface area contributed by atoms with Crippen molar-refractivity contribution in [2.75, 3.05) is 27.3 Å². The van der Waals surface area contributed by atoms with Gasteiger partial charge in [0.25, 0.3) is 5.91 Å². The Kier molecular flexibility index (Phi) is 6.74. The summed E-state index contributed by atoms with van der Waals surface area (Å²) in [7, 11) is 3.31. The average molecular weight is 429 g/mol.